The van der Waals surface area contributed by atoms with Crippen LogP contribution in [-0.4, -0.2) is 11.6 Å². The Morgan fingerprint density at radius 2 is 1.84 bits per heavy atom. The van der Waals surface area contributed by atoms with Gasteiger partial charge < -0.3 is 0 Å². The van der Waals surface area contributed by atoms with Gasteiger partial charge in [0.1, 0.15) is 0 Å². The maximum absolute atomic E-state index is 12.0. The number of benzene rings is 1. The van der Waals surface area contributed by atoms with Crippen molar-refractivity contribution in [1.82, 2.24) is 5.43 Å². The summed E-state index contributed by atoms with van der Waals surface area (Å²) in [4.78, 5) is 12.0. The van der Waals surface area contributed by atoms with Crippen LogP contribution in [-0.2, 0) is 4.79 Å². The minimum Gasteiger partial charge on any atom is -0.273 e. The number of hydrogen-bond donors (Lipinski definition) is 1. The Balaban J connectivity index is 1.52. The Morgan fingerprint density at radius 1 is 1.11 bits per heavy atom. The number of rotatable bonds is 3. The van der Waals surface area contributed by atoms with Crippen LogP contribution < -0.4 is 5.43 Å². The molecule has 0 aromatic heterocycles. The molecule has 1 aromatic rings. The third-order valence-electron chi connectivity index (χ3n) is 4.11. The van der Waals surface area contributed by atoms with Gasteiger partial charge >= 0.3 is 0 Å². The fourth-order valence-corrected chi connectivity index (χ4v) is 2.84. The van der Waals surface area contributed by atoms with Gasteiger partial charge in [-0.2, -0.15) is 5.10 Å². The van der Waals surface area contributed by atoms with E-state index in [0.29, 0.717) is 5.92 Å². The molecule has 0 saturated heterocycles. The second kappa shape index (κ2) is 5.55. The van der Waals surface area contributed by atoms with Gasteiger partial charge in [-0.05, 0) is 43.6 Å². The molecule has 2 atom stereocenters. The molecule has 0 unspecified atom stereocenters. The molecule has 0 heterocycles. The van der Waals surface area contributed by atoms with Gasteiger partial charge in [0.15, 0.2) is 0 Å². The fourth-order valence-electron chi connectivity index (χ4n) is 2.84. The van der Waals surface area contributed by atoms with Crippen LogP contribution in [0.5, 0.6) is 0 Å². The molecule has 0 bridgehead atoms. The van der Waals surface area contributed by atoms with Crippen molar-refractivity contribution in [3.63, 3.8) is 0 Å². The SMILES string of the molecule is O=C(NN=C1CCCCC1)[C@H]1C[C@@H]1c1ccccc1. The van der Waals surface area contributed by atoms with E-state index in [1.54, 1.807) is 0 Å². The highest BCUT2D eigenvalue weighted by atomic mass is 16.2. The Morgan fingerprint density at radius 3 is 2.58 bits per heavy atom. The monoisotopic (exact) mass is 256 g/mol. The summed E-state index contributed by atoms with van der Waals surface area (Å²) in [5.41, 5.74) is 5.20. The van der Waals surface area contributed by atoms with Crippen molar-refractivity contribution in [3.8, 4) is 0 Å². The number of carbonyl (C=O) groups is 1. The molecule has 0 aliphatic heterocycles. The summed E-state index contributed by atoms with van der Waals surface area (Å²) < 4.78 is 0. The number of hydrogen-bond acceptors (Lipinski definition) is 2. The average molecular weight is 256 g/mol. The van der Waals surface area contributed by atoms with Crippen molar-refractivity contribution in [1.29, 1.82) is 0 Å². The number of carbonyl (C=O) groups excluding carboxylic acids is 1. The highest BCUT2D eigenvalue weighted by molar-refractivity contribution is 5.88. The molecular weight excluding hydrogens is 236 g/mol. The summed E-state index contributed by atoms with van der Waals surface area (Å²) >= 11 is 0. The number of hydrazone groups is 1. The molecule has 2 saturated carbocycles. The number of nitrogens with one attached hydrogen (secondary N) is 1. The molecule has 0 spiro atoms. The second-order valence-electron chi connectivity index (χ2n) is 5.57. The molecule has 1 N–H and O–H groups in total. The van der Waals surface area contributed by atoms with Gasteiger partial charge in [-0.3, -0.25) is 4.79 Å². The lowest BCUT2D eigenvalue weighted by molar-refractivity contribution is -0.122. The normalized spacial score (nSPS) is 25.8. The van der Waals surface area contributed by atoms with Crippen LogP contribution in [0, 0.1) is 5.92 Å². The number of amides is 1. The summed E-state index contributed by atoms with van der Waals surface area (Å²) in [5.74, 6) is 0.607. The van der Waals surface area contributed by atoms with Crippen LogP contribution in [0.4, 0.5) is 0 Å². The van der Waals surface area contributed by atoms with E-state index in [1.807, 2.05) is 18.2 Å². The molecule has 0 radical (unpaired) electrons. The van der Waals surface area contributed by atoms with Gasteiger partial charge in [0.2, 0.25) is 5.91 Å². The van der Waals surface area contributed by atoms with Crippen molar-refractivity contribution in [2.75, 3.05) is 0 Å². The first kappa shape index (κ1) is 12.4. The first-order chi connectivity index (χ1) is 9.34. The lowest BCUT2D eigenvalue weighted by atomic mass is 9.99. The molecule has 3 nitrogen and oxygen atoms in total. The van der Waals surface area contributed by atoms with Gasteiger partial charge in [-0.1, -0.05) is 36.8 Å². The van der Waals surface area contributed by atoms with Crippen LogP contribution in [0.25, 0.3) is 0 Å². The molecule has 2 aliphatic carbocycles. The summed E-state index contributed by atoms with van der Waals surface area (Å²) in [6, 6.07) is 10.3. The average Bonchev–Trinajstić information content (AvgIpc) is 3.27. The smallest absolute Gasteiger partial charge is 0.243 e. The molecule has 100 valence electrons. The molecule has 19 heavy (non-hydrogen) atoms. The molecule has 1 aromatic carbocycles. The number of nitrogens with zero attached hydrogens (tertiary/aromatic N) is 1. The van der Waals surface area contributed by atoms with Gasteiger partial charge in [-0.15, -0.1) is 0 Å². The zero-order chi connectivity index (χ0) is 13.1. The molecule has 1 amide bonds. The topological polar surface area (TPSA) is 41.5 Å². The minimum atomic E-state index is 0.0897. The van der Waals surface area contributed by atoms with E-state index < -0.39 is 0 Å². The zero-order valence-electron chi connectivity index (χ0n) is 11.1. The van der Waals surface area contributed by atoms with E-state index >= 15 is 0 Å². The lowest BCUT2D eigenvalue weighted by Crippen LogP contribution is -2.22. The first-order valence-electron chi connectivity index (χ1n) is 7.25. The van der Waals surface area contributed by atoms with Crippen LogP contribution >= 0.6 is 0 Å². The van der Waals surface area contributed by atoms with Crippen LogP contribution in [0.3, 0.4) is 0 Å². The van der Waals surface area contributed by atoms with E-state index in [2.05, 4.69) is 22.7 Å². The van der Waals surface area contributed by atoms with E-state index in [0.717, 1.165) is 25.0 Å². The highest BCUT2D eigenvalue weighted by Crippen LogP contribution is 2.47. The highest BCUT2D eigenvalue weighted by Gasteiger charge is 2.43. The van der Waals surface area contributed by atoms with Crippen LogP contribution in [0.1, 0.15) is 50.0 Å². The van der Waals surface area contributed by atoms with Crippen molar-refractivity contribution in [3.05, 3.63) is 35.9 Å². The predicted octanol–water partition coefficient (Wildman–Crippen LogP) is 3.23. The Hall–Kier alpha value is -1.64. The van der Waals surface area contributed by atoms with E-state index in [-0.39, 0.29) is 11.8 Å². The molecule has 3 heteroatoms. The molecular formula is C16H20N2O. The van der Waals surface area contributed by atoms with Crippen LogP contribution in [0.15, 0.2) is 35.4 Å². The summed E-state index contributed by atoms with van der Waals surface area (Å²) in [7, 11) is 0. The quantitative estimate of drug-likeness (QED) is 0.829. The fraction of sp³-hybridized carbons (Fsp3) is 0.500. The third kappa shape index (κ3) is 3.03. The Labute approximate surface area is 114 Å². The van der Waals surface area contributed by atoms with Crippen molar-refractivity contribution < 1.29 is 4.79 Å². The third-order valence-corrected chi connectivity index (χ3v) is 4.11. The standard InChI is InChI=1S/C16H20N2O/c19-16(18-17-13-9-5-2-6-10-13)15-11-14(15)12-7-3-1-4-8-12/h1,3-4,7-8,14-15H,2,5-6,9-11H2,(H,18,19)/t14-,15+/m1/s1. The predicted molar refractivity (Wildman–Crippen MR) is 76.0 cm³/mol. The van der Waals surface area contributed by atoms with Crippen molar-refractivity contribution >= 4 is 11.6 Å². The van der Waals surface area contributed by atoms with Gasteiger partial charge in [0.05, 0.1) is 0 Å². The van der Waals surface area contributed by atoms with Crippen molar-refractivity contribution in [2.24, 2.45) is 11.0 Å². The van der Waals surface area contributed by atoms with E-state index in [4.69, 9.17) is 0 Å². The summed E-state index contributed by atoms with van der Waals surface area (Å²) in [6.07, 6.45) is 6.78. The first-order valence-corrected chi connectivity index (χ1v) is 7.25. The summed E-state index contributed by atoms with van der Waals surface area (Å²) in [5, 5.41) is 4.29. The molecule has 3 rings (SSSR count). The van der Waals surface area contributed by atoms with E-state index in [1.165, 1.54) is 24.8 Å². The van der Waals surface area contributed by atoms with Gasteiger partial charge in [-0.25, -0.2) is 5.43 Å². The molecule has 2 fully saturated rings. The zero-order valence-corrected chi connectivity index (χ0v) is 11.1. The van der Waals surface area contributed by atoms with Crippen molar-refractivity contribution in [2.45, 2.75) is 44.4 Å². The maximum atomic E-state index is 12.0. The van der Waals surface area contributed by atoms with Crippen LogP contribution in [0.2, 0.25) is 0 Å². The Bertz CT molecular complexity index is 473. The minimum absolute atomic E-state index is 0.0897. The molecule has 2 aliphatic rings. The van der Waals surface area contributed by atoms with Gasteiger partial charge in [0, 0.05) is 11.6 Å². The lowest BCUT2D eigenvalue weighted by Gasteiger charge is -2.11. The largest absolute Gasteiger partial charge is 0.273 e. The maximum Gasteiger partial charge on any atom is 0.243 e. The summed E-state index contributed by atoms with van der Waals surface area (Å²) in [6.45, 7) is 0. The second-order valence-corrected chi connectivity index (χ2v) is 5.57. The van der Waals surface area contributed by atoms with E-state index in [9.17, 15) is 4.79 Å². The Kier molecular flexibility index (Phi) is 3.62. The van der Waals surface area contributed by atoms with Gasteiger partial charge in [0.25, 0.3) is 0 Å².